The van der Waals surface area contributed by atoms with E-state index in [-0.39, 0.29) is 12.2 Å². The van der Waals surface area contributed by atoms with Gasteiger partial charge >= 0.3 is 5.97 Å². The van der Waals surface area contributed by atoms with Crippen LogP contribution in [-0.4, -0.2) is 34.3 Å². The van der Waals surface area contributed by atoms with Crippen LogP contribution >= 0.6 is 0 Å². The van der Waals surface area contributed by atoms with Gasteiger partial charge < -0.3 is 10.1 Å². The quantitative estimate of drug-likeness (QED) is 0.721. The molecule has 0 aliphatic heterocycles. The van der Waals surface area contributed by atoms with Crippen molar-refractivity contribution in [1.82, 2.24) is 5.32 Å². The van der Waals surface area contributed by atoms with E-state index in [0.29, 0.717) is 12.2 Å². The third-order valence-corrected chi connectivity index (χ3v) is 3.73. The van der Waals surface area contributed by atoms with Crippen molar-refractivity contribution in [2.75, 3.05) is 24.6 Å². The molecule has 0 unspecified atom stereocenters. The summed E-state index contributed by atoms with van der Waals surface area (Å²) in [6.07, 6.45) is -0.167. The minimum absolute atomic E-state index is 0.167. The number of nitrogens with one attached hydrogen (secondary N) is 2. The zero-order valence-corrected chi connectivity index (χ0v) is 11.8. The summed E-state index contributed by atoms with van der Waals surface area (Å²) in [7, 11) is -0.552. The molecule has 1 rings (SSSR count). The van der Waals surface area contributed by atoms with Crippen LogP contribution in [0.1, 0.15) is 12.0 Å². The fourth-order valence-electron chi connectivity index (χ4n) is 1.50. The fourth-order valence-corrected chi connectivity index (χ4v) is 2.57. The number of ether oxygens (including phenoxy) is 1. The summed E-state index contributed by atoms with van der Waals surface area (Å²) in [6.45, 7) is 0.551. The Kier molecular flexibility index (Phi) is 5.78. The molecule has 1 aromatic carbocycles. The third-order valence-electron chi connectivity index (χ3n) is 2.45. The molecular formula is C12H18N2O4S. The molecule has 1 aromatic rings. The molecule has 0 spiro atoms. The van der Waals surface area contributed by atoms with Crippen molar-refractivity contribution in [2.45, 2.75) is 13.0 Å². The number of sulfonamides is 1. The van der Waals surface area contributed by atoms with E-state index in [1.54, 1.807) is 19.2 Å². The molecule has 0 fully saturated rings. The normalized spacial score (nSPS) is 11.1. The van der Waals surface area contributed by atoms with Crippen LogP contribution in [-0.2, 0) is 26.1 Å². The molecule has 0 radical (unpaired) electrons. The van der Waals surface area contributed by atoms with Crippen LogP contribution in [0.25, 0.3) is 0 Å². The Labute approximate surface area is 113 Å². The molecule has 0 saturated carbocycles. The molecule has 106 valence electrons. The lowest BCUT2D eigenvalue weighted by Crippen LogP contribution is -2.21. The van der Waals surface area contributed by atoms with E-state index in [2.05, 4.69) is 14.8 Å². The van der Waals surface area contributed by atoms with Crippen molar-refractivity contribution in [3.8, 4) is 0 Å². The summed E-state index contributed by atoms with van der Waals surface area (Å²) in [5.74, 6) is -0.845. The molecule has 6 nitrogen and oxygen atoms in total. The van der Waals surface area contributed by atoms with Crippen LogP contribution in [0.4, 0.5) is 5.69 Å². The predicted molar refractivity (Wildman–Crippen MR) is 73.2 cm³/mol. The van der Waals surface area contributed by atoms with Crippen LogP contribution < -0.4 is 10.0 Å². The van der Waals surface area contributed by atoms with Gasteiger partial charge in [0.25, 0.3) is 0 Å². The molecule has 0 aliphatic carbocycles. The summed E-state index contributed by atoms with van der Waals surface area (Å²) in [5, 5.41) is 2.96. The van der Waals surface area contributed by atoms with Crippen molar-refractivity contribution in [1.29, 1.82) is 0 Å². The second-order valence-electron chi connectivity index (χ2n) is 3.93. The third kappa shape index (κ3) is 5.27. The van der Waals surface area contributed by atoms with Crippen LogP contribution in [0.3, 0.4) is 0 Å². The van der Waals surface area contributed by atoms with Crippen LogP contribution in [0.5, 0.6) is 0 Å². The van der Waals surface area contributed by atoms with Gasteiger partial charge in [0.15, 0.2) is 0 Å². The first kappa shape index (κ1) is 15.5. The van der Waals surface area contributed by atoms with E-state index in [1.165, 1.54) is 7.11 Å². The van der Waals surface area contributed by atoms with Gasteiger partial charge in [0.05, 0.1) is 25.0 Å². The second kappa shape index (κ2) is 7.10. The van der Waals surface area contributed by atoms with E-state index in [1.807, 2.05) is 12.1 Å². The van der Waals surface area contributed by atoms with E-state index < -0.39 is 16.0 Å². The average Bonchev–Trinajstić information content (AvgIpc) is 2.38. The van der Waals surface area contributed by atoms with E-state index in [9.17, 15) is 13.2 Å². The molecule has 0 heterocycles. The number of carbonyl (C=O) groups excluding carboxylic acids is 1. The van der Waals surface area contributed by atoms with Crippen molar-refractivity contribution in [3.05, 3.63) is 29.8 Å². The van der Waals surface area contributed by atoms with Crippen molar-refractivity contribution < 1.29 is 17.9 Å². The lowest BCUT2D eigenvalue weighted by molar-refractivity contribution is -0.140. The van der Waals surface area contributed by atoms with Gasteiger partial charge in [0, 0.05) is 6.54 Å². The maximum absolute atomic E-state index is 11.8. The lowest BCUT2D eigenvalue weighted by atomic mass is 10.2. The number of hydrogen-bond donors (Lipinski definition) is 2. The van der Waals surface area contributed by atoms with Gasteiger partial charge in [0.1, 0.15) is 0 Å². The Morgan fingerprint density at radius 1 is 1.32 bits per heavy atom. The standard InChI is InChI=1S/C12H18N2O4S/c1-13-9-10-5-3-4-6-11(10)14-19(16,17)8-7-12(15)18-2/h3-6,13-14H,7-9H2,1-2H3. The van der Waals surface area contributed by atoms with Crippen molar-refractivity contribution >= 4 is 21.7 Å². The highest BCUT2D eigenvalue weighted by molar-refractivity contribution is 7.92. The molecule has 0 saturated heterocycles. The average molecular weight is 286 g/mol. The first-order chi connectivity index (χ1) is 8.98. The first-order valence-corrected chi connectivity index (χ1v) is 7.43. The number of carbonyl (C=O) groups is 1. The molecule has 0 amide bonds. The monoisotopic (exact) mass is 286 g/mol. The van der Waals surface area contributed by atoms with Crippen LogP contribution in [0.15, 0.2) is 24.3 Å². The minimum atomic E-state index is -3.56. The molecule has 0 aromatic heterocycles. The molecule has 19 heavy (non-hydrogen) atoms. The van der Waals surface area contributed by atoms with Gasteiger partial charge in [-0.3, -0.25) is 9.52 Å². The highest BCUT2D eigenvalue weighted by atomic mass is 32.2. The van der Waals surface area contributed by atoms with E-state index in [4.69, 9.17) is 0 Å². The van der Waals surface area contributed by atoms with Gasteiger partial charge in [0.2, 0.25) is 10.0 Å². The Hall–Kier alpha value is -1.60. The second-order valence-corrected chi connectivity index (χ2v) is 5.78. The van der Waals surface area contributed by atoms with Gasteiger partial charge in [-0.2, -0.15) is 0 Å². The van der Waals surface area contributed by atoms with Crippen LogP contribution in [0, 0.1) is 0 Å². The Balaban J connectivity index is 2.75. The summed E-state index contributed by atoms with van der Waals surface area (Å²) in [6, 6.07) is 7.09. The zero-order valence-electron chi connectivity index (χ0n) is 11.0. The molecule has 0 bridgehead atoms. The topological polar surface area (TPSA) is 84.5 Å². The minimum Gasteiger partial charge on any atom is -0.469 e. The van der Waals surface area contributed by atoms with Gasteiger partial charge in [-0.05, 0) is 18.7 Å². The number of para-hydroxylation sites is 1. The fraction of sp³-hybridized carbons (Fsp3) is 0.417. The number of anilines is 1. The molecule has 0 atom stereocenters. The van der Waals surface area contributed by atoms with Gasteiger partial charge in [-0.15, -0.1) is 0 Å². The molecule has 2 N–H and O–H groups in total. The lowest BCUT2D eigenvalue weighted by Gasteiger charge is -2.12. The number of rotatable bonds is 7. The van der Waals surface area contributed by atoms with E-state index in [0.717, 1.165) is 5.56 Å². The summed E-state index contributed by atoms with van der Waals surface area (Å²) in [4.78, 5) is 11.0. The zero-order chi connectivity index (χ0) is 14.3. The van der Waals surface area contributed by atoms with E-state index >= 15 is 0 Å². The number of methoxy groups -OCH3 is 1. The predicted octanol–water partition coefficient (Wildman–Crippen LogP) is 0.711. The molecule has 0 aliphatic rings. The largest absolute Gasteiger partial charge is 0.469 e. The van der Waals surface area contributed by atoms with Gasteiger partial charge in [-0.25, -0.2) is 8.42 Å². The SMILES string of the molecule is CNCc1ccccc1NS(=O)(=O)CCC(=O)OC. The summed E-state index contributed by atoms with van der Waals surface area (Å²) < 4.78 is 30.6. The number of hydrogen-bond acceptors (Lipinski definition) is 5. The maximum Gasteiger partial charge on any atom is 0.306 e. The number of benzene rings is 1. The highest BCUT2D eigenvalue weighted by Crippen LogP contribution is 2.16. The Morgan fingerprint density at radius 3 is 2.63 bits per heavy atom. The van der Waals surface area contributed by atoms with Crippen LogP contribution in [0.2, 0.25) is 0 Å². The number of esters is 1. The highest BCUT2D eigenvalue weighted by Gasteiger charge is 2.15. The van der Waals surface area contributed by atoms with Gasteiger partial charge in [-0.1, -0.05) is 18.2 Å². The van der Waals surface area contributed by atoms with Crippen molar-refractivity contribution in [2.24, 2.45) is 0 Å². The molecular weight excluding hydrogens is 268 g/mol. The Bertz CT molecular complexity index is 528. The smallest absolute Gasteiger partial charge is 0.306 e. The maximum atomic E-state index is 11.8. The summed E-state index contributed by atoms with van der Waals surface area (Å²) >= 11 is 0. The summed E-state index contributed by atoms with van der Waals surface area (Å²) in [5.41, 5.74) is 1.35. The van der Waals surface area contributed by atoms with Crippen molar-refractivity contribution in [3.63, 3.8) is 0 Å². The Morgan fingerprint density at radius 2 is 2.00 bits per heavy atom. The molecule has 7 heteroatoms. The first-order valence-electron chi connectivity index (χ1n) is 5.78.